The number of anilines is 1. The summed E-state index contributed by atoms with van der Waals surface area (Å²) in [5, 5.41) is 4.05. The van der Waals surface area contributed by atoms with Gasteiger partial charge in [0.15, 0.2) is 0 Å². The SMILES string of the molecule is CCN(CC1CC1)c1cc(Cl)ccc1CNC. The van der Waals surface area contributed by atoms with Crippen LogP contribution in [0.25, 0.3) is 0 Å². The molecular formula is C14H21ClN2. The Morgan fingerprint density at radius 3 is 2.76 bits per heavy atom. The van der Waals surface area contributed by atoms with Crippen LogP contribution in [0.1, 0.15) is 25.3 Å². The van der Waals surface area contributed by atoms with Gasteiger partial charge >= 0.3 is 0 Å². The second-order valence-corrected chi connectivity index (χ2v) is 5.22. The molecule has 2 nitrogen and oxygen atoms in total. The van der Waals surface area contributed by atoms with Crippen LogP contribution in [0.2, 0.25) is 5.02 Å². The summed E-state index contributed by atoms with van der Waals surface area (Å²) in [6.45, 7) is 5.33. The monoisotopic (exact) mass is 252 g/mol. The van der Waals surface area contributed by atoms with Crippen molar-refractivity contribution in [2.75, 3.05) is 25.0 Å². The molecule has 1 aliphatic carbocycles. The largest absolute Gasteiger partial charge is 0.371 e. The van der Waals surface area contributed by atoms with E-state index in [0.717, 1.165) is 24.0 Å². The molecule has 1 aromatic carbocycles. The highest BCUT2D eigenvalue weighted by molar-refractivity contribution is 6.30. The molecule has 0 heterocycles. The van der Waals surface area contributed by atoms with Gasteiger partial charge in [-0.2, -0.15) is 0 Å². The van der Waals surface area contributed by atoms with Gasteiger partial charge in [0.25, 0.3) is 0 Å². The predicted molar refractivity (Wildman–Crippen MR) is 74.8 cm³/mol. The molecule has 0 atom stereocenters. The molecule has 1 saturated carbocycles. The number of hydrogen-bond donors (Lipinski definition) is 1. The Hall–Kier alpha value is -0.730. The van der Waals surface area contributed by atoms with Crippen molar-refractivity contribution in [2.24, 2.45) is 5.92 Å². The van der Waals surface area contributed by atoms with E-state index in [1.54, 1.807) is 0 Å². The van der Waals surface area contributed by atoms with Crippen molar-refractivity contribution in [1.82, 2.24) is 5.32 Å². The highest BCUT2D eigenvalue weighted by Gasteiger charge is 2.24. The molecule has 1 aliphatic rings. The lowest BCUT2D eigenvalue weighted by molar-refractivity contribution is 0.730. The first kappa shape index (κ1) is 12.7. The highest BCUT2D eigenvalue weighted by atomic mass is 35.5. The lowest BCUT2D eigenvalue weighted by Crippen LogP contribution is -2.27. The van der Waals surface area contributed by atoms with Gasteiger partial charge in [0, 0.05) is 30.3 Å². The van der Waals surface area contributed by atoms with Crippen LogP contribution in [0, 0.1) is 5.92 Å². The van der Waals surface area contributed by atoms with E-state index >= 15 is 0 Å². The fourth-order valence-corrected chi connectivity index (χ4v) is 2.35. The molecule has 1 aromatic rings. The van der Waals surface area contributed by atoms with Gasteiger partial charge in [0.1, 0.15) is 0 Å². The van der Waals surface area contributed by atoms with Gasteiger partial charge in [-0.25, -0.2) is 0 Å². The van der Waals surface area contributed by atoms with Crippen LogP contribution in [-0.4, -0.2) is 20.1 Å². The lowest BCUT2D eigenvalue weighted by atomic mass is 10.1. The summed E-state index contributed by atoms with van der Waals surface area (Å²) < 4.78 is 0. The van der Waals surface area contributed by atoms with E-state index in [-0.39, 0.29) is 0 Å². The number of benzene rings is 1. The number of nitrogens with zero attached hydrogens (tertiary/aromatic N) is 1. The van der Waals surface area contributed by atoms with Gasteiger partial charge in [0.05, 0.1) is 0 Å². The highest BCUT2D eigenvalue weighted by Crippen LogP contribution is 2.33. The first-order chi connectivity index (χ1) is 8.24. The summed E-state index contributed by atoms with van der Waals surface area (Å²) in [5.41, 5.74) is 2.63. The first-order valence-electron chi connectivity index (χ1n) is 6.42. The van der Waals surface area contributed by atoms with Gasteiger partial charge in [0.2, 0.25) is 0 Å². The molecule has 0 bridgehead atoms. The number of hydrogen-bond acceptors (Lipinski definition) is 2. The maximum Gasteiger partial charge on any atom is 0.0426 e. The Morgan fingerprint density at radius 1 is 1.41 bits per heavy atom. The van der Waals surface area contributed by atoms with Gasteiger partial charge in [-0.15, -0.1) is 0 Å². The third kappa shape index (κ3) is 3.36. The zero-order valence-corrected chi connectivity index (χ0v) is 11.4. The van der Waals surface area contributed by atoms with Crippen molar-refractivity contribution in [3.63, 3.8) is 0 Å². The van der Waals surface area contributed by atoms with E-state index in [1.165, 1.54) is 30.6 Å². The predicted octanol–water partition coefficient (Wildman–Crippen LogP) is 3.30. The van der Waals surface area contributed by atoms with Crippen LogP contribution in [0.3, 0.4) is 0 Å². The van der Waals surface area contributed by atoms with Crippen LogP contribution >= 0.6 is 11.6 Å². The van der Waals surface area contributed by atoms with Gasteiger partial charge < -0.3 is 10.2 Å². The summed E-state index contributed by atoms with van der Waals surface area (Å²) >= 11 is 6.12. The Balaban J connectivity index is 2.21. The van der Waals surface area contributed by atoms with Crippen LogP contribution < -0.4 is 10.2 Å². The van der Waals surface area contributed by atoms with Crippen molar-refractivity contribution in [1.29, 1.82) is 0 Å². The normalized spacial score (nSPS) is 15.0. The fourth-order valence-electron chi connectivity index (χ4n) is 2.18. The Bertz CT molecular complexity index is 374. The lowest BCUT2D eigenvalue weighted by Gasteiger charge is -2.26. The fraction of sp³-hybridized carbons (Fsp3) is 0.571. The van der Waals surface area contributed by atoms with E-state index < -0.39 is 0 Å². The summed E-state index contributed by atoms with van der Waals surface area (Å²) in [6.07, 6.45) is 2.77. The molecule has 0 amide bonds. The molecule has 94 valence electrons. The zero-order chi connectivity index (χ0) is 12.3. The molecule has 17 heavy (non-hydrogen) atoms. The third-order valence-corrected chi connectivity index (χ3v) is 3.55. The molecule has 2 rings (SSSR count). The summed E-state index contributed by atoms with van der Waals surface area (Å²) in [5.74, 6) is 0.899. The van der Waals surface area contributed by atoms with E-state index in [9.17, 15) is 0 Å². The van der Waals surface area contributed by atoms with E-state index in [4.69, 9.17) is 11.6 Å². The summed E-state index contributed by atoms with van der Waals surface area (Å²) in [4.78, 5) is 2.45. The molecule has 0 unspecified atom stereocenters. The summed E-state index contributed by atoms with van der Waals surface area (Å²) in [6, 6.07) is 6.20. The third-order valence-electron chi connectivity index (χ3n) is 3.31. The molecule has 3 heteroatoms. The standard InChI is InChI=1S/C14H21ClN2/c1-3-17(10-11-4-5-11)14-8-13(15)7-6-12(14)9-16-2/h6-8,11,16H,3-5,9-10H2,1-2H3. The summed E-state index contributed by atoms with van der Waals surface area (Å²) in [7, 11) is 1.98. The van der Waals surface area contributed by atoms with Crippen molar-refractivity contribution in [3.05, 3.63) is 28.8 Å². The van der Waals surface area contributed by atoms with Crippen LogP contribution in [0.4, 0.5) is 5.69 Å². The van der Waals surface area contributed by atoms with Gasteiger partial charge in [-0.1, -0.05) is 17.7 Å². The zero-order valence-electron chi connectivity index (χ0n) is 10.7. The Morgan fingerprint density at radius 2 is 2.18 bits per heavy atom. The smallest absolute Gasteiger partial charge is 0.0426 e. The topological polar surface area (TPSA) is 15.3 Å². The van der Waals surface area contributed by atoms with E-state index in [1.807, 2.05) is 13.1 Å². The number of rotatable bonds is 6. The molecule has 1 fully saturated rings. The average molecular weight is 253 g/mol. The minimum absolute atomic E-state index is 0.828. The van der Waals surface area contributed by atoms with Crippen molar-refractivity contribution in [3.8, 4) is 0 Å². The Labute approximate surface area is 109 Å². The van der Waals surface area contributed by atoms with Crippen LogP contribution in [-0.2, 0) is 6.54 Å². The van der Waals surface area contributed by atoms with Gasteiger partial charge in [-0.3, -0.25) is 0 Å². The minimum Gasteiger partial charge on any atom is -0.371 e. The second-order valence-electron chi connectivity index (χ2n) is 4.79. The second kappa shape index (κ2) is 5.74. The van der Waals surface area contributed by atoms with Crippen molar-refractivity contribution < 1.29 is 0 Å². The van der Waals surface area contributed by atoms with Crippen molar-refractivity contribution in [2.45, 2.75) is 26.3 Å². The Kier molecular flexibility index (Phi) is 4.30. The molecule has 0 aromatic heterocycles. The van der Waals surface area contributed by atoms with Crippen LogP contribution in [0.15, 0.2) is 18.2 Å². The van der Waals surface area contributed by atoms with Gasteiger partial charge in [-0.05, 0) is 50.4 Å². The minimum atomic E-state index is 0.828. The molecule has 1 N–H and O–H groups in total. The number of halogens is 1. The maximum absolute atomic E-state index is 6.12. The van der Waals surface area contributed by atoms with Crippen molar-refractivity contribution >= 4 is 17.3 Å². The average Bonchev–Trinajstić information content (AvgIpc) is 3.13. The molecule has 0 aliphatic heterocycles. The van der Waals surface area contributed by atoms with Crippen LogP contribution in [0.5, 0.6) is 0 Å². The molecule has 0 spiro atoms. The molecular weight excluding hydrogens is 232 g/mol. The van der Waals surface area contributed by atoms with E-state index in [0.29, 0.717) is 0 Å². The molecule has 0 radical (unpaired) electrons. The van der Waals surface area contributed by atoms with E-state index in [2.05, 4.69) is 29.3 Å². The quantitative estimate of drug-likeness (QED) is 0.836. The first-order valence-corrected chi connectivity index (χ1v) is 6.80. The number of nitrogens with one attached hydrogen (secondary N) is 1. The molecule has 0 saturated heterocycles. The maximum atomic E-state index is 6.12.